The van der Waals surface area contributed by atoms with E-state index < -0.39 is 6.10 Å². The second-order valence-corrected chi connectivity index (χ2v) is 5.95. The van der Waals surface area contributed by atoms with Crippen molar-refractivity contribution in [2.45, 2.75) is 12.5 Å². The lowest BCUT2D eigenvalue weighted by Crippen LogP contribution is -2.03. The minimum atomic E-state index is -0.824. The topological polar surface area (TPSA) is 38.7 Å². The van der Waals surface area contributed by atoms with Crippen molar-refractivity contribution >= 4 is 27.5 Å². The lowest BCUT2D eigenvalue weighted by Gasteiger charge is -2.14. The summed E-state index contributed by atoms with van der Waals surface area (Å²) in [6.07, 6.45) is -0.566. The number of aliphatic hydroxyl groups excluding tert-OH is 1. The van der Waals surface area contributed by atoms with E-state index in [9.17, 15) is 9.50 Å². The SMILES string of the molecule is OC(Cc1cc(F)ccc1Br)c1cc(Cl)c2c(c1)OCO2. The fraction of sp³-hybridized carbons (Fsp3) is 0.200. The summed E-state index contributed by atoms with van der Waals surface area (Å²) >= 11 is 9.44. The van der Waals surface area contributed by atoms with E-state index in [0.29, 0.717) is 27.6 Å². The molecule has 0 aliphatic carbocycles. The maximum Gasteiger partial charge on any atom is 0.231 e. The number of halogens is 3. The fourth-order valence-corrected chi connectivity index (χ4v) is 2.89. The molecule has 0 saturated carbocycles. The molecule has 1 N–H and O–H groups in total. The Morgan fingerprint density at radius 3 is 2.90 bits per heavy atom. The van der Waals surface area contributed by atoms with E-state index in [1.807, 2.05) is 0 Å². The molecule has 0 saturated heterocycles. The highest BCUT2D eigenvalue weighted by Crippen LogP contribution is 2.41. The van der Waals surface area contributed by atoms with Crippen molar-refractivity contribution in [2.24, 2.45) is 0 Å². The quantitative estimate of drug-likeness (QED) is 0.874. The minimum Gasteiger partial charge on any atom is -0.454 e. The van der Waals surface area contributed by atoms with Gasteiger partial charge in [0.25, 0.3) is 0 Å². The van der Waals surface area contributed by atoms with Gasteiger partial charge in [-0.05, 0) is 41.5 Å². The zero-order valence-electron chi connectivity index (χ0n) is 10.8. The third kappa shape index (κ3) is 3.00. The molecule has 1 atom stereocenters. The van der Waals surface area contributed by atoms with Crippen molar-refractivity contribution in [1.29, 1.82) is 0 Å². The number of ether oxygens (including phenoxy) is 2. The van der Waals surface area contributed by atoms with E-state index in [4.69, 9.17) is 21.1 Å². The molecule has 2 aromatic rings. The van der Waals surface area contributed by atoms with E-state index >= 15 is 0 Å². The van der Waals surface area contributed by atoms with Crippen LogP contribution in [0.15, 0.2) is 34.8 Å². The molecule has 0 fully saturated rings. The molecule has 0 radical (unpaired) electrons. The van der Waals surface area contributed by atoms with Crippen LogP contribution < -0.4 is 9.47 Å². The summed E-state index contributed by atoms with van der Waals surface area (Å²) in [6.45, 7) is 0.115. The van der Waals surface area contributed by atoms with Gasteiger partial charge in [0.15, 0.2) is 11.5 Å². The van der Waals surface area contributed by atoms with Crippen molar-refractivity contribution in [2.75, 3.05) is 6.79 Å². The van der Waals surface area contributed by atoms with Crippen LogP contribution in [-0.2, 0) is 6.42 Å². The van der Waals surface area contributed by atoms with Crippen LogP contribution in [0.5, 0.6) is 11.5 Å². The lowest BCUT2D eigenvalue weighted by atomic mass is 10.0. The van der Waals surface area contributed by atoms with E-state index in [1.54, 1.807) is 18.2 Å². The first kappa shape index (κ1) is 14.6. The van der Waals surface area contributed by atoms with Gasteiger partial charge in [0.2, 0.25) is 6.79 Å². The van der Waals surface area contributed by atoms with E-state index in [-0.39, 0.29) is 19.0 Å². The molecule has 0 spiro atoms. The number of fused-ring (bicyclic) bond motifs is 1. The zero-order valence-corrected chi connectivity index (χ0v) is 13.1. The molecule has 1 aliphatic rings. The van der Waals surface area contributed by atoms with Crippen LogP contribution in [0.2, 0.25) is 5.02 Å². The summed E-state index contributed by atoms with van der Waals surface area (Å²) < 4.78 is 24.5. The Hall–Kier alpha value is -1.30. The number of aliphatic hydroxyl groups is 1. The molecular formula is C15H11BrClFO3. The molecule has 3 rings (SSSR count). The van der Waals surface area contributed by atoms with Gasteiger partial charge in [-0.15, -0.1) is 0 Å². The Morgan fingerprint density at radius 1 is 1.29 bits per heavy atom. The van der Waals surface area contributed by atoms with Gasteiger partial charge in [-0.1, -0.05) is 27.5 Å². The van der Waals surface area contributed by atoms with Crippen molar-refractivity contribution in [1.82, 2.24) is 0 Å². The number of hydrogen-bond acceptors (Lipinski definition) is 3. The summed E-state index contributed by atoms with van der Waals surface area (Å²) in [7, 11) is 0. The normalized spacial score (nSPS) is 14.3. The van der Waals surface area contributed by atoms with Crippen LogP contribution in [0.3, 0.4) is 0 Å². The van der Waals surface area contributed by atoms with E-state index in [0.717, 1.165) is 4.47 Å². The molecule has 110 valence electrons. The summed E-state index contributed by atoms with van der Waals surface area (Å²) in [5.41, 5.74) is 1.27. The van der Waals surface area contributed by atoms with Crippen LogP contribution in [-0.4, -0.2) is 11.9 Å². The predicted molar refractivity (Wildman–Crippen MR) is 80.3 cm³/mol. The maximum absolute atomic E-state index is 13.3. The van der Waals surface area contributed by atoms with Crippen LogP contribution in [0.1, 0.15) is 17.2 Å². The van der Waals surface area contributed by atoms with Gasteiger partial charge in [0.1, 0.15) is 5.82 Å². The van der Waals surface area contributed by atoms with Crippen molar-refractivity contribution in [3.05, 3.63) is 56.8 Å². The highest BCUT2D eigenvalue weighted by molar-refractivity contribution is 9.10. The van der Waals surface area contributed by atoms with Crippen molar-refractivity contribution in [3.63, 3.8) is 0 Å². The summed E-state index contributed by atoms with van der Waals surface area (Å²) in [5, 5.41) is 10.7. The molecule has 0 bridgehead atoms. The zero-order chi connectivity index (χ0) is 15.0. The molecule has 1 aliphatic heterocycles. The largest absolute Gasteiger partial charge is 0.454 e. The Labute approximate surface area is 134 Å². The third-order valence-corrected chi connectivity index (χ3v) is 4.31. The smallest absolute Gasteiger partial charge is 0.231 e. The minimum absolute atomic E-state index is 0.115. The summed E-state index contributed by atoms with van der Waals surface area (Å²) in [4.78, 5) is 0. The molecule has 1 heterocycles. The number of benzene rings is 2. The number of hydrogen-bond donors (Lipinski definition) is 1. The first-order valence-corrected chi connectivity index (χ1v) is 7.42. The second kappa shape index (κ2) is 5.83. The molecule has 21 heavy (non-hydrogen) atoms. The molecule has 1 unspecified atom stereocenters. The molecule has 0 aromatic heterocycles. The first-order valence-electron chi connectivity index (χ1n) is 6.25. The monoisotopic (exact) mass is 372 g/mol. The van der Waals surface area contributed by atoms with E-state index in [1.165, 1.54) is 12.1 Å². The van der Waals surface area contributed by atoms with Gasteiger partial charge >= 0.3 is 0 Å². The van der Waals surface area contributed by atoms with E-state index in [2.05, 4.69) is 15.9 Å². The van der Waals surface area contributed by atoms with Crippen LogP contribution in [0, 0.1) is 5.82 Å². The van der Waals surface area contributed by atoms with Gasteiger partial charge in [-0.2, -0.15) is 0 Å². The Kier molecular flexibility index (Phi) is 4.06. The predicted octanol–water partition coefficient (Wildman–Crippen LogP) is 4.25. The average Bonchev–Trinajstić information content (AvgIpc) is 2.91. The lowest BCUT2D eigenvalue weighted by molar-refractivity contribution is 0.171. The van der Waals surface area contributed by atoms with Crippen molar-refractivity contribution in [3.8, 4) is 11.5 Å². The highest BCUT2D eigenvalue weighted by Gasteiger charge is 2.21. The molecular weight excluding hydrogens is 363 g/mol. The van der Waals surface area contributed by atoms with Crippen LogP contribution >= 0.6 is 27.5 Å². The van der Waals surface area contributed by atoms with Gasteiger partial charge in [-0.25, -0.2) is 4.39 Å². The molecule has 6 heteroatoms. The van der Waals surface area contributed by atoms with Crippen LogP contribution in [0.4, 0.5) is 4.39 Å². The Bertz CT molecular complexity index is 693. The van der Waals surface area contributed by atoms with Gasteiger partial charge in [0.05, 0.1) is 11.1 Å². The molecule has 3 nitrogen and oxygen atoms in total. The Morgan fingerprint density at radius 2 is 2.10 bits per heavy atom. The molecule has 0 amide bonds. The number of rotatable bonds is 3. The van der Waals surface area contributed by atoms with Gasteiger partial charge in [0, 0.05) is 10.9 Å². The first-order chi connectivity index (χ1) is 10.0. The fourth-order valence-electron chi connectivity index (χ4n) is 2.21. The summed E-state index contributed by atoms with van der Waals surface area (Å²) in [6, 6.07) is 7.68. The average molecular weight is 374 g/mol. The second-order valence-electron chi connectivity index (χ2n) is 4.69. The summed E-state index contributed by atoms with van der Waals surface area (Å²) in [5.74, 6) is 0.651. The van der Waals surface area contributed by atoms with Crippen molar-refractivity contribution < 1.29 is 19.0 Å². The maximum atomic E-state index is 13.3. The molecule has 2 aromatic carbocycles. The van der Waals surface area contributed by atoms with Crippen LogP contribution in [0.25, 0.3) is 0 Å². The van der Waals surface area contributed by atoms with Gasteiger partial charge < -0.3 is 14.6 Å². The third-order valence-electron chi connectivity index (χ3n) is 3.26. The highest BCUT2D eigenvalue weighted by atomic mass is 79.9. The Balaban J connectivity index is 1.87. The van der Waals surface area contributed by atoms with Gasteiger partial charge in [-0.3, -0.25) is 0 Å². The standard InChI is InChI=1S/C15H11BrClFO3/c16-11-2-1-10(18)3-8(11)5-13(19)9-4-12(17)15-14(6-9)20-7-21-15/h1-4,6,13,19H,5,7H2.